The van der Waals surface area contributed by atoms with Gasteiger partial charge in [0.1, 0.15) is 18.0 Å². The number of para-hydroxylation sites is 2. The van der Waals surface area contributed by atoms with E-state index in [9.17, 15) is 4.39 Å². The predicted octanol–water partition coefficient (Wildman–Crippen LogP) is 2.28. The SMILES string of the molecule is CNCc1cc(F)cnc1-n1cnc2ccccc21. The van der Waals surface area contributed by atoms with Crippen molar-refractivity contribution in [2.75, 3.05) is 7.05 Å². The maximum Gasteiger partial charge on any atom is 0.143 e. The van der Waals surface area contributed by atoms with Crippen LogP contribution in [-0.2, 0) is 6.54 Å². The van der Waals surface area contributed by atoms with Crippen LogP contribution >= 0.6 is 0 Å². The zero-order chi connectivity index (χ0) is 13.2. The van der Waals surface area contributed by atoms with Crippen molar-refractivity contribution in [3.63, 3.8) is 0 Å². The van der Waals surface area contributed by atoms with Crippen LogP contribution in [0.3, 0.4) is 0 Å². The van der Waals surface area contributed by atoms with E-state index in [2.05, 4.69) is 15.3 Å². The van der Waals surface area contributed by atoms with Gasteiger partial charge in [-0.05, 0) is 25.2 Å². The first-order valence-electron chi connectivity index (χ1n) is 6.01. The van der Waals surface area contributed by atoms with Crippen LogP contribution in [0.1, 0.15) is 5.56 Å². The van der Waals surface area contributed by atoms with E-state index in [0.717, 1.165) is 16.6 Å². The molecular formula is C14H13FN4. The normalized spacial score (nSPS) is 11.1. The van der Waals surface area contributed by atoms with Crippen LogP contribution in [0.4, 0.5) is 4.39 Å². The Labute approximate surface area is 109 Å². The number of nitrogens with zero attached hydrogens (tertiary/aromatic N) is 3. The van der Waals surface area contributed by atoms with Crippen LogP contribution in [0.2, 0.25) is 0 Å². The smallest absolute Gasteiger partial charge is 0.143 e. The van der Waals surface area contributed by atoms with Crippen molar-refractivity contribution in [3.05, 3.63) is 54.2 Å². The fraction of sp³-hybridized carbons (Fsp3) is 0.143. The lowest BCUT2D eigenvalue weighted by Crippen LogP contribution is -2.10. The third kappa shape index (κ3) is 2.08. The van der Waals surface area contributed by atoms with E-state index in [1.165, 1.54) is 12.3 Å². The summed E-state index contributed by atoms with van der Waals surface area (Å²) in [5.41, 5.74) is 2.65. The first-order valence-corrected chi connectivity index (χ1v) is 6.01. The molecule has 96 valence electrons. The fourth-order valence-corrected chi connectivity index (χ4v) is 2.14. The van der Waals surface area contributed by atoms with Crippen molar-refractivity contribution < 1.29 is 4.39 Å². The summed E-state index contributed by atoms with van der Waals surface area (Å²) in [4.78, 5) is 8.52. The maximum absolute atomic E-state index is 13.3. The first kappa shape index (κ1) is 11.8. The van der Waals surface area contributed by atoms with E-state index in [-0.39, 0.29) is 5.82 Å². The van der Waals surface area contributed by atoms with Crippen LogP contribution < -0.4 is 5.32 Å². The van der Waals surface area contributed by atoms with Crippen molar-refractivity contribution >= 4 is 11.0 Å². The standard InChI is InChI=1S/C14H13FN4/c1-16-7-10-6-11(15)8-17-14(10)19-9-18-12-4-2-3-5-13(12)19/h2-6,8-9,16H,7H2,1H3. The highest BCUT2D eigenvalue weighted by Crippen LogP contribution is 2.19. The number of pyridine rings is 1. The Balaban J connectivity index is 2.21. The van der Waals surface area contributed by atoms with Crippen LogP contribution in [0, 0.1) is 5.82 Å². The lowest BCUT2D eigenvalue weighted by molar-refractivity contribution is 0.615. The molecule has 0 bridgehead atoms. The second-order valence-electron chi connectivity index (χ2n) is 4.27. The largest absolute Gasteiger partial charge is 0.316 e. The van der Waals surface area contributed by atoms with E-state index >= 15 is 0 Å². The molecule has 4 nitrogen and oxygen atoms in total. The highest BCUT2D eigenvalue weighted by molar-refractivity contribution is 5.77. The van der Waals surface area contributed by atoms with E-state index in [1.54, 1.807) is 6.33 Å². The van der Waals surface area contributed by atoms with Crippen LogP contribution in [0.25, 0.3) is 16.9 Å². The van der Waals surface area contributed by atoms with Crippen molar-refractivity contribution in [1.29, 1.82) is 0 Å². The summed E-state index contributed by atoms with van der Waals surface area (Å²) in [5, 5.41) is 3.02. The first-order chi connectivity index (χ1) is 9.29. The van der Waals surface area contributed by atoms with Gasteiger partial charge in [-0.2, -0.15) is 0 Å². The minimum atomic E-state index is -0.335. The molecule has 0 radical (unpaired) electrons. The van der Waals surface area contributed by atoms with Gasteiger partial charge in [-0.15, -0.1) is 0 Å². The Bertz CT molecular complexity index is 720. The summed E-state index contributed by atoms with van der Waals surface area (Å²) in [5.74, 6) is 0.364. The fourth-order valence-electron chi connectivity index (χ4n) is 2.14. The number of hydrogen-bond donors (Lipinski definition) is 1. The number of benzene rings is 1. The van der Waals surface area contributed by atoms with Crippen LogP contribution in [0.5, 0.6) is 0 Å². The summed E-state index contributed by atoms with van der Waals surface area (Å²) in [7, 11) is 1.82. The monoisotopic (exact) mass is 256 g/mol. The Kier molecular flexibility index (Phi) is 2.97. The number of nitrogens with one attached hydrogen (secondary N) is 1. The van der Waals surface area contributed by atoms with Crippen LogP contribution in [0.15, 0.2) is 42.9 Å². The molecule has 0 atom stereocenters. The molecule has 5 heteroatoms. The summed E-state index contributed by atoms with van der Waals surface area (Å²) in [6, 6.07) is 9.28. The van der Waals surface area contributed by atoms with Crippen LogP contribution in [-0.4, -0.2) is 21.6 Å². The molecule has 0 amide bonds. The third-order valence-corrected chi connectivity index (χ3v) is 2.96. The Hall–Kier alpha value is -2.27. The van der Waals surface area contributed by atoms with Crippen molar-refractivity contribution in [2.24, 2.45) is 0 Å². The molecule has 1 N–H and O–H groups in total. The third-order valence-electron chi connectivity index (χ3n) is 2.96. The molecule has 0 aliphatic heterocycles. The van der Waals surface area contributed by atoms with Gasteiger partial charge in [-0.3, -0.25) is 4.57 Å². The highest BCUT2D eigenvalue weighted by atomic mass is 19.1. The molecule has 0 unspecified atom stereocenters. The van der Waals surface area contributed by atoms with Gasteiger partial charge in [-0.25, -0.2) is 14.4 Å². The summed E-state index contributed by atoms with van der Waals surface area (Å²) < 4.78 is 15.2. The number of halogens is 1. The molecular weight excluding hydrogens is 243 g/mol. The molecule has 1 aromatic carbocycles. The molecule has 0 saturated carbocycles. The van der Waals surface area contributed by atoms with Gasteiger partial charge in [-0.1, -0.05) is 12.1 Å². The van der Waals surface area contributed by atoms with Gasteiger partial charge < -0.3 is 5.32 Å². The second-order valence-corrected chi connectivity index (χ2v) is 4.27. The topological polar surface area (TPSA) is 42.7 Å². The van der Waals surface area contributed by atoms with Crippen molar-refractivity contribution in [3.8, 4) is 5.82 Å². The molecule has 0 fully saturated rings. The van der Waals surface area contributed by atoms with Gasteiger partial charge in [0.25, 0.3) is 0 Å². The average Bonchev–Trinajstić information content (AvgIpc) is 2.83. The molecule has 3 aromatic rings. The number of aromatic nitrogens is 3. The van der Waals surface area contributed by atoms with E-state index < -0.39 is 0 Å². The van der Waals surface area contributed by atoms with Gasteiger partial charge in [0, 0.05) is 12.1 Å². The van der Waals surface area contributed by atoms with Gasteiger partial charge >= 0.3 is 0 Å². The number of imidazole rings is 1. The quantitative estimate of drug-likeness (QED) is 0.781. The zero-order valence-corrected chi connectivity index (χ0v) is 10.5. The van der Waals surface area contributed by atoms with Gasteiger partial charge in [0.15, 0.2) is 0 Å². The molecule has 0 aliphatic carbocycles. The molecule has 0 spiro atoms. The van der Waals surface area contributed by atoms with E-state index in [4.69, 9.17) is 0 Å². The Morgan fingerprint density at radius 3 is 2.95 bits per heavy atom. The zero-order valence-electron chi connectivity index (χ0n) is 10.5. The maximum atomic E-state index is 13.3. The van der Waals surface area contributed by atoms with Gasteiger partial charge in [0.05, 0.1) is 17.2 Å². The van der Waals surface area contributed by atoms with Gasteiger partial charge in [0.2, 0.25) is 0 Å². The summed E-state index contributed by atoms with van der Waals surface area (Å²) in [6.45, 7) is 0.548. The lowest BCUT2D eigenvalue weighted by Gasteiger charge is -2.09. The minimum absolute atomic E-state index is 0.335. The number of hydrogen-bond acceptors (Lipinski definition) is 3. The Morgan fingerprint density at radius 2 is 2.11 bits per heavy atom. The van der Waals surface area contributed by atoms with E-state index in [0.29, 0.717) is 12.4 Å². The summed E-state index contributed by atoms with van der Waals surface area (Å²) in [6.07, 6.45) is 2.94. The second kappa shape index (κ2) is 4.78. The lowest BCUT2D eigenvalue weighted by atomic mass is 10.2. The minimum Gasteiger partial charge on any atom is -0.316 e. The van der Waals surface area contributed by atoms with Crippen molar-refractivity contribution in [2.45, 2.75) is 6.54 Å². The van der Waals surface area contributed by atoms with E-state index in [1.807, 2.05) is 35.9 Å². The molecule has 2 heterocycles. The summed E-state index contributed by atoms with van der Waals surface area (Å²) >= 11 is 0. The molecule has 0 saturated heterocycles. The molecule has 3 rings (SSSR count). The highest BCUT2D eigenvalue weighted by Gasteiger charge is 2.10. The van der Waals surface area contributed by atoms with Crippen molar-refractivity contribution in [1.82, 2.24) is 19.9 Å². The number of fused-ring (bicyclic) bond motifs is 1. The molecule has 0 aliphatic rings. The molecule has 2 aromatic heterocycles. The number of rotatable bonds is 3. The predicted molar refractivity (Wildman–Crippen MR) is 71.6 cm³/mol. The average molecular weight is 256 g/mol. The Morgan fingerprint density at radius 1 is 1.26 bits per heavy atom. The molecule has 19 heavy (non-hydrogen) atoms.